The Labute approximate surface area is 200 Å². The molecule has 0 aliphatic rings. The number of carboxylic acids is 1. The molecule has 0 heterocycles. The first-order chi connectivity index (χ1) is 13.9. The molecule has 7 heteroatoms. The van der Waals surface area contributed by atoms with Crippen LogP contribution in [0.5, 0.6) is 0 Å². The quantitative estimate of drug-likeness (QED) is 0.313. The maximum absolute atomic E-state index is 13.9. The largest absolute Gasteiger partial charge is 0.481 e. The highest BCUT2D eigenvalue weighted by Gasteiger charge is 2.49. The summed E-state index contributed by atoms with van der Waals surface area (Å²) in [5.41, 5.74) is -0.947. The molecule has 0 unspecified atom stereocenters. The van der Waals surface area contributed by atoms with Gasteiger partial charge in [-0.05, 0) is 42.2 Å². The highest BCUT2D eigenvalue weighted by molar-refractivity contribution is 6.74. The highest BCUT2D eigenvalue weighted by Crippen LogP contribution is 2.43. The Bertz CT molecular complexity index is 654. The normalized spacial score (nSPS) is 17.2. The Kier molecular flexibility index (Phi) is 10.2. The molecule has 5 nitrogen and oxygen atoms in total. The number of hydrogen-bond donors (Lipinski definition) is 1. The van der Waals surface area contributed by atoms with Crippen LogP contribution in [0.3, 0.4) is 0 Å². The summed E-state index contributed by atoms with van der Waals surface area (Å²) in [5.74, 6) is -1.13. The van der Waals surface area contributed by atoms with Crippen molar-refractivity contribution in [2.24, 2.45) is 17.3 Å². The summed E-state index contributed by atoms with van der Waals surface area (Å²) in [7, 11) is -4.36. The van der Waals surface area contributed by atoms with Gasteiger partial charge in [-0.3, -0.25) is 9.59 Å². The Balaban J connectivity index is 6.09. The van der Waals surface area contributed by atoms with E-state index in [1.165, 1.54) is 0 Å². The summed E-state index contributed by atoms with van der Waals surface area (Å²) in [6.45, 7) is 31.4. The summed E-state index contributed by atoms with van der Waals surface area (Å²) in [4.78, 5) is 25.6. The van der Waals surface area contributed by atoms with Gasteiger partial charge in [0.25, 0.3) is 0 Å². The van der Waals surface area contributed by atoms with Gasteiger partial charge >= 0.3 is 5.97 Å². The van der Waals surface area contributed by atoms with Crippen LogP contribution in [0.15, 0.2) is 0 Å². The fourth-order valence-corrected chi connectivity index (χ4v) is 6.32. The smallest absolute Gasteiger partial charge is 0.305 e. The van der Waals surface area contributed by atoms with Crippen LogP contribution in [-0.4, -0.2) is 45.7 Å². The second-order valence-electron chi connectivity index (χ2n) is 13.4. The molecule has 0 aliphatic heterocycles. The third-order valence-corrected chi connectivity index (χ3v) is 16.8. The molecule has 0 fully saturated rings. The van der Waals surface area contributed by atoms with Gasteiger partial charge in [-0.15, -0.1) is 0 Å². The van der Waals surface area contributed by atoms with Crippen molar-refractivity contribution in [1.82, 2.24) is 0 Å². The first-order valence-electron chi connectivity index (χ1n) is 12.0. The molecule has 0 aromatic rings. The predicted octanol–water partition coefficient (Wildman–Crippen LogP) is 7.13. The molecule has 0 aromatic carbocycles. The topological polar surface area (TPSA) is 72.8 Å². The van der Waals surface area contributed by atoms with Crippen LogP contribution >= 0.6 is 0 Å². The van der Waals surface area contributed by atoms with Crippen LogP contribution in [-0.2, 0) is 18.4 Å². The molecule has 32 heavy (non-hydrogen) atoms. The van der Waals surface area contributed by atoms with Crippen molar-refractivity contribution in [3.8, 4) is 0 Å². The lowest BCUT2D eigenvalue weighted by Gasteiger charge is -2.46. The Hall–Kier alpha value is -0.506. The second kappa shape index (κ2) is 10.4. The van der Waals surface area contributed by atoms with Gasteiger partial charge in [0.05, 0.1) is 18.6 Å². The number of ketones is 1. The maximum atomic E-state index is 13.9. The molecule has 0 spiro atoms. The van der Waals surface area contributed by atoms with Crippen molar-refractivity contribution in [3.63, 3.8) is 0 Å². The number of carboxylic acid groups (broad SMARTS) is 1. The molecule has 3 atom stereocenters. The second-order valence-corrected chi connectivity index (χ2v) is 22.9. The molecular formula is C25H52O5Si2. The number of hydrogen-bond acceptors (Lipinski definition) is 4. The van der Waals surface area contributed by atoms with E-state index in [2.05, 4.69) is 81.6 Å². The predicted molar refractivity (Wildman–Crippen MR) is 139 cm³/mol. The van der Waals surface area contributed by atoms with Crippen LogP contribution in [0, 0.1) is 17.3 Å². The summed E-state index contributed by atoms with van der Waals surface area (Å²) >= 11 is 0. The Morgan fingerprint density at radius 1 is 0.781 bits per heavy atom. The fourth-order valence-electron chi connectivity index (χ4n) is 3.36. The maximum Gasteiger partial charge on any atom is 0.305 e. The van der Waals surface area contributed by atoms with E-state index in [4.69, 9.17) is 8.85 Å². The summed E-state index contributed by atoms with van der Waals surface area (Å²) in [5, 5.41) is 9.57. The van der Waals surface area contributed by atoms with Crippen molar-refractivity contribution in [1.29, 1.82) is 0 Å². The molecule has 0 saturated heterocycles. The molecule has 0 rings (SSSR count). The van der Waals surface area contributed by atoms with Crippen molar-refractivity contribution in [3.05, 3.63) is 0 Å². The van der Waals surface area contributed by atoms with Gasteiger partial charge in [0.1, 0.15) is 5.78 Å². The third-order valence-electron chi connectivity index (χ3n) is 7.84. The van der Waals surface area contributed by atoms with E-state index >= 15 is 0 Å². The van der Waals surface area contributed by atoms with E-state index in [9.17, 15) is 14.7 Å². The van der Waals surface area contributed by atoms with E-state index in [1.807, 2.05) is 20.8 Å². The van der Waals surface area contributed by atoms with Crippen molar-refractivity contribution >= 4 is 28.4 Å². The van der Waals surface area contributed by atoms with Crippen LogP contribution < -0.4 is 0 Å². The number of Topliss-reactive ketones (excluding diaryl/α,β-unsaturated/α-hetero) is 1. The average molecular weight is 489 g/mol. The number of carbonyl (C=O) groups is 2. The molecule has 0 saturated carbocycles. The van der Waals surface area contributed by atoms with Crippen molar-refractivity contribution < 1.29 is 23.5 Å². The zero-order valence-corrected chi connectivity index (χ0v) is 25.6. The van der Waals surface area contributed by atoms with Gasteiger partial charge in [-0.1, -0.05) is 76.2 Å². The molecule has 0 aliphatic carbocycles. The molecule has 0 bridgehead atoms. The minimum absolute atomic E-state index is 0.0138. The molecule has 1 N–H and O–H groups in total. The summed E-state index contributed by atoms with van der Waals surface area (Å²) < 4.78 is 13.3. The SMILES string of the molecule is CC(C)[C@@H](O[Si](C)(C)C(C)(C)C)[C@H](C)C(=O)C(C)(C)[C@H](CC(=O)O)O[Si](C)(C)C(C)(C)C. The highest BCUT2D eigenvalue weighted by atomic mass is 28.4. The lowest BCUT2D eigenvalue weighted by atomic mass is 9.73. The van der Waals surface area contributed by atoms with Crippen molar-refractivity contribution in [2.45, 2.75) is 131 Å². The van der Waals surface area contributed by atoms with Gasteiger partial charge in [-0.25, -0.2) is 0 Å². The minimum Gasteiger partial charge on any atom is -0.481 e. The van der Waals surface area contributed by atoms with Crippen molar-refractivity contribution in [2.75, 3.05) is 0 Å². The van der Waals surface area contributed by atoms with E-state index in [0.717, 1.165) is 0 Å². The zero-order valence-electron chi connectivity index (χ0n) is 23.6. The van der Waals surface area contributed by atoms with E-state index < -0.39 is 34.1 Å². The molecular weight excluding hydrogens is 436 g/mol. The van der Waals surface area contributed by atoms with Gasteiger partial charge in [0, 0.05) is 11.3 Å². The zero-order chi connectivity index (χ0) is 26.1. The lowest BCUT2D eigenvalue weighted by molar-refractivity contribution is -0.146. The van der Waals surface area contributed by atoms with E-state index in [-0.39, 0.29) is 40.2 Å². The van der Waals surface area contributed by atoms with Crippen LogP contribution in [0.4, 0.5) is 0 Å². The van der Waals surface area contributed by atoms with Gasteiger partial charge in [0.2, 0.25) is 0 Å². The summed E-state index contributed by atoms with van der Waals surface area (Å²) in [6.07, 6.45) is -1.09. The first kappa shape index (κ1) is 31.5. The molecule has 0 amide bonds. The average Bonchev–Trinajstić information content (AvgIpc) is 2.54. The van der Waals surface area contributed by atoms with Crippen LogP contribution in [0.25, 0.3) is 0 Å². The Morgan fingerprint density at radius 3 is 1.47 bits per heavy atom. The molecule has 190 valence electrons. The van der Waals surface area contributed by atoms with Crippen LogP contribution in [0.2, 0.25) is 36.3 Å². The standard InChI is InChI=1S/C25H52O5Si2/c1-17(2)21(30-32(14,15)24(7,8)9)18(3)22(28)25(10,11)19(16-20(26)27)29-31(12,13)23(4,5)6/h17-19,21H,16H2,1-15H3,(H,26,27)/t18-,19-,21+/m0/s1. The number of rotatable bonds is 11. The van der Waals surface area contributed by atoms with E-state index in [1.54, 1.807) is 0 Å². The van der Waals surface area contributed by atoms with E-state index in [0.29, 0.717) is 0 Å². The molecule has 0 radical (unpaired) electrons. The lowest BCUT2D eigenvalue weighted by Crippen LogP contribution is -2.54. The van der Waals surface area contributed by atoms with Gasteiger partial charge < -0.3 is 14.0 Å². The number of aliphatic carboxylic acids is 1. The van der Waals surface area contributed by atoms with Crippen LogP contribution in [0.1, 0.15) is 82.6 Å². The first-order valence-corrected chi connectivity index (χ1v) is 17.8. The Morgan fingerprint density at radius 2 is 1.16 bits per heavy atom. The minimum atomic E-state index is -2.28. The summed E-state index contributed by atoms with van der Waals surface area (Å²) in [6, 6.07) is 0. The van der Waals surface area contributed by atoms with Gasteiger partial charge in [0.15, 0.2) is 16.6 Å². The monoisotopic (exact) mass is 488 g/mol. The number of carbonyl (C=O) groups excluding carboxylic acids is 1. The third kappa shape index (κ3) is 7.78. The fraction of sp³-hybridized carbons (Fsp3) is 0.920. The molecule has 0 aromatic heterocycles. The van der Waals surface area contributed by atoms with Gasteiger partial charge in [-0.2, -0.15) is 0 Å².